The first-order valence-corrected chi connectivity index (χ1v) is 13.0. The van der Waals surface area contributed by atoms with Gasteiger partial charge in [0.15, 0.2) is 0 Å². The van der Waals surface area contributed by atoms with E-state index in [0.717, 1.165) is 19.4 Å². The third kappa shape index (κ3) is 13.8. The molecule has 0 aliphatic heterocycles. The quantitative estimate of drug-likeness (QED) is 0.179. The average Bonchev–Trinajstić information content (AvgIpc) is 3.66. The van der Waals surface area contributed by atoms with Crippen LogP contribution in [0.1, 0.15) is 53.9 Å². The van der Waals surface area contributed by atoms with Crippen LogP contribution in [0.4, 0.5) is 4.79 Å². The summed E-state index contributed by atoms with van der Waals surface area (Å²) in [5.74, 6) is -0.699. The number of hydrogen-bond donors (Lipinski definition) is 2. The van der Waals surface area contributed by atoms with E-state index in [2.05, 4.69) is 5.32 Å². The van der Waals surface area contributed by atoms with Gasteiger partial charge in [0.1, 0.15) is 5.60 Å². The molecular formula is C26H45LiN2O9. The second-order valence-corrected chi connectivity index (χ2v) is 10.7. The summed E-state index contributed by atoms with van der Waals surface area (Å²) in [6, 6.07) is 0. The number of nitrogens with zero attached hydrogens (tertiary/aromatic N) is 1. The third-order valence-electron chi connectivity index (χ3n) is 6.16. The number of aliphatic hydroxyl groups is 1. The van der Waals surface area contributed by atoms with Crippen molar-refractivity contribution in [2.75, 3.05) is 47.0 Å². The summed E-state index contributed by atoms with van der Waals surface area (Å²) in [6.45, 7) is 11.4. The van der Waals surface area contributed by atoms with Crippen LogP contribution in [0, 0.1) is 35.5 Å². The molecular weight excluding hydrogens is 491 g/mol. The number of hydrogen-bond acceptors (Lipinski definition) is 10. The van der Waals surface area contributed by atoms with Crippen LogP contribution in [-0.2, 0) is 28.6 Å². The molecule has 0 bridgehead atoms. The molecule has 2 N–H and O–H groups in total. The summed E-state index contributed by atoms with van der Waals surface area (Å²) < 4.78 is 14.8. The molecule has 0 spiro atoms. The molecule has 3 fully saturated rings. The van der Waals surface area contributed by atoms with E-state index in [1.54, 1.807) is 34.7 Å². The van der Waals surface area contributed by atoms with E-state index in [1.165, 1.54) is 4.90 Å². The predicted molar refractivity (Wildman–Crippen MR) is 133 cm³/mol. The molecule has 0 aromatic carbocycles. The van der Waals surface area contributed by atoms with E-state index in [9.17, 15) is 24.3 Å². The number of aliphatic carboxylic acids is 1. The van der Waals surface area contributed by atoms with E-state index in [-0.39, 0.29) is 61.1 Å². The standard InChI is InChI=1S/C11H19NO4.C8H15NO2.C7H12O3.Li/c1-11(2,3)16-10(15)12(4)6-7-5-8(7)9(13)14;1-3-11-8(10)7-4-6(7)5-9-2;1-2-10-7(9)6-3-5(6)4-8;/h7-8H,5-6H2,1-4H3,(H,13,14);6-7,9H,3-5H2,1-2H3;5-6,8H,2-4H2,1H3;/q;;;+1/p-1/t7-,8+;6-,7+;5-,6+;/m000./s1. The van der Waals surface area contributed by atoms with Crippen LogP contribution in [0.5, 0.6) is 0 Å². The van der Waals surface area contributed by atoms with Crippen molar-refractivity contribution in [1.29, 1.82) is 0 Å². The zero-order valence-electron chi connectivity index (χ0n) is 24.3. The Bertz CT molecular complexity index is 774. The predicted octanol–water partition coefficient (Wildman–Crippen LogP) is -2.17. The number of ether oxygens (including phenoxy) is 3. The molecule has 38 heavy (non-hydrogen) atoms. The van der Waals surface area contributed by atoms with Gasteiger partial charge in [0, 0.05) is 32.1 Å². The van der Waals surface area contributed by atoms with Gasteiger partial charge in [-0.3, -0.25) is 9.59 Å². The topological polar surface area (TPSA) is 155 Å². The molecule has 1 amide bonds. The molecule has 0 aromatic rings. The Hall–Kier alpha value is -1.80. The molecule has 12 heteroatoms. The first-order chi connectivity index (χ1) is 17.3. The second-order valence-electron chi connectivity index (χ2n) is 10.7. The van der Waals surface area contributed by atoms with Gasteiger partial charge in [0.2, 0.25) is 0 Å². The minimum atomic E-state index is -1.03. The maximum Gasteiger partial charge on any atom is 1.00 e. The van der Waals surface area contributed by atoms with Crippen molar-refractivity contribution in [3.63, 3.8) is 0 Å². The molecule has 0 heterocycles. The van der Waals surface area contributed by atoms with Crippen molar-refractivity contribution in [3.05, 3.63) is 0 Å². The SMILES string of the molecule is CCOC(=O)[C@@H]1C[C@H]1CNC.CCOC(=O)[C@@H]1C[C@H]1CO.CN(C[C@@H]1C[C@H]1C(=O)[O-])C(=O)OC(C)(C)C.[Li+]. The van der Waals surface area contributed by atoms with Gasteiger partial charge in [-0.2, -0.15) is 0 Å². The molecule has 0 unspecified atom stereocenters. The van der Waals surface area contributed by atoms with Crippen LogP contribution in [0.25, 0.3) is 0 Å². The number of carboxylic acids is 1. The third-order valence-corrected chi connectivity index (χ3v) is 6.16. The largest absolute Gasteiger partial charge is 1.00 e. The van der Waals surface area contributed by atoms with Crippen molar-refractivity contribution in [3.8, 4) is 0 Å². The van der Waals surface area contributed by atoms with Crippen LogP contribution >= 0.6 is 0 Å². The number of carbonyl (C=O) groups is 4. The van der Waals surface area contributed by atoms with Gasteiger partial charge in [0.05, 0.1) is 25.0 Å². The number of esters is 2. The molecule has 0 radical (unpaired) electrons. The van der Waals surface area contributed by atoms with Crippen molar-refractivity contribution in [2.45, 2.75) is 59.5 Å². The Labute approximate surface area is 238 Å². The first kappa shape index (κ1) is 36.2. The van der Waals surface area contributed by atoms with E-state index >= 15 is 0 Å². The van der Waals surface area contributed by atoms with Crippen molar-refractivity contribution >= 4 is 24.0 Å². The fraction of sp³-hybridized carbons (Fsp3) is 0.846. The molecule has 0 aromatic heterocycles. The summed E-state index contributed by atoms with van der Waals surface area (Å²) in [7, 11) is 3.51. The fourth-order valence-corrected chi connectivity index (χ4v) is 3.76. The smallest absolute Gasteiger partial charge is 0.550 e. The first-order valence-electron chi connectivity index (χ1n) is 13.0. The van der Waals surface area contributed by atoms with Gasteiger partial charge >= 0.3 is 36.9 Å². The monoisotopic (exact) mass is 536 g/mol. The zero-order chi connectivity index (χ0) is 28.3. The summed E-state index contributed by atoms with van der Waals surface area (Å²) in [5, 5.41) is 22.1. The number of carboxylic acid groups (broad SMARTS) is 1. The van der Waals surface area contributed by atoms with Gasteiger partial charge in [0.25, 0.3) is 0 Å². The van der Waals surface area contributed by atoms with Crippen LogP contribution < -0.4 is 29.3 Å². The van der Waals surface area contributed by atoms with E-state index in [1.807, 2.05) is 14.0 Å². The van der Waals surface area contributed by atoms with Gasteiger partial charge in [-0.25, -0.2) is 4.79 Å². The van der Waals surface area contributed by atoms with Crippen LogP contribution in [0.3, 0.4) is 0 Å². The van der Waals surface area contributed by atoms with E-state index in [0.29, 0.717) is 32.1 Å². The number of aliphatic hydroxyl groups excluding tert-OH is 1. The number of amides is 1. The van der Waals surface area contributed by atoms with Crippen molar-refractivity contribution in [1.82, 2.24) is 10.2 Å². The summed E-state index contributed by atoms with van der Waals surface area (Å²) >= 11 is 0. The fourth-order valence-electron chi connectivity index (χ4n) is 3.76. The van der Waals surface area contributed by atoms with Gasteiger partial charge < -0.3 is 39.4 Å². The van der Waals surface area contributed by atoms with Gasteiger partial charge in [-0.05, 0) is 85.2 Å². The molecule has 3 saturated carbocycles. The van der Waals surface area contributed by atoms with E-state index < -0.39 is 23.6 Å². The molecule has 6 atom stereocenters. The van der Waals surface area contributed by atoms with Gasteiger partial charge in [-0.15, -0.1) is 0 Å². The van der Waals surface area contributed by atoms with Crippen LogP contribution in [0.2, 0.25) is 0 Å². The minimum absolute atomic E-state index is 0. The summed E-state index contributed by atoms with van der Waals surface area (Å²) in [4.78, 5) is 45.3. The van der Waals surface area contributed by atoms with Crippen molar-refractivity contribution in [2.24, 2.45) is 35.5 Å². The van der Waals surface area contributed by atoms with Crippen molar-refractivity contribution < 1.29 is 62.5 Å². The second kappa shape index (κ2) is 17.0. The van der Waals surface area contributed by atoms with Crippen LogP contribution in [-0.4, -0.2) is 86.6 Å². The zero-order valence-corrected chi connectivity index (χ0v) is 24.3. The minimum Gasteiger partial charge on any atom is -0.550 e. The number of carbonyl (C=O) groups excluding carboxylic acids is 4. The molecule has 214 valence electrons. The maximum atomic E-state index is 11.5. The molecule has 3 rings (SSSR count). The molecule has 3 aliphatic carbocycles. The Morgan fingerprint density at radius 2 is 1.39 bits per heavy atom. The normalized spacial score (nSPS) is 26.0. The maximum absolute atomic E-state index is 11.5. The Kier molecular flexibility index (Phi) is 16.2. The Morgan fingerprint density at radius 1 is 0.921 bits per heavy atom. The number of rotatable bonds is 10. The molecule has 3 aliphatic rings. The van der Waals surface area contributed by atoms with Crippen LogP contribution in [0.15, 0.2) is 0 Å². The average molecular weight is 537 g/mol. The summed E-state index contributed by atoms with van der Waals surface area (Å²) in [5.41, 5.74) is -0.525. The van der Waals surface area contributed by atoms with Gasteiger partial charge in [-0.1, -0.05) is 0 Å². The summed E-state index contributed by atoms with van der Waals surface area (Å²) in [6.07, 6.45) is 1.97. The molecule has 0 saturated heterocycles. The Morgan fingerprint density at radius 3 is 1.76 bits per heavy atom. The number of nitrogens with one attached hydrogen (secondary N) is 1. The van der Waals surface area contributed by atoms with E-state index in [4.69, 9.17) is 19.3 Å². The Balaban J connectivity index is 0.000000552. The molecule has 11 nitrogen and oxygen atoms in total.